The highest BCUT2D eigenvalue weighted by Crippen LogP contribution is 2.21. The Labute approximate surface area is 97.6 Å². The molecule has 0 aliphatic heterocycles. The number of aryl methyl sites for hydroxylation is 1. The van der Waals surface area contributed by atoms with E-state index < -0.39 is 0 Å². The van der Waals surface area contributed by atoms with E-state index in [1.807, 2.05) is 0 Å². The van der Waals surface area contributed by atoms with Crippen LogP contribution >= 0.6 is 0 Å². The highest BCUT2D eigenvalue weighted by Gasteiger charge is 2.06. The fourth-order valence-corrected chi connectivity index (χ4v) is 1.35. The summed E-state index contributed by atoms with van der Waals surface area (Å²) in [4.78, 5) is 4.00. The van der Waals surface area contributed by atoms with Crippen molar-refractivity contribution in [1.82, 2.24) is 10.1 Å². The first kappa shape index (κ1) is 11.4. The van der Waals surface area contributed by atoms with Crippen LogP contribution in [0.1, 0.15) is 11.7 Å². The Morgan fingerprint density at radius 1 is 1.47 bits per heavy atom. The van der Waals surface area contributed by atoms with Gasteiger partial charge >= 0.3 is 0 Å². The molecule has 0 saturated carbocycles. The van der Waals surface area contributed by atoms with Crippen LogP contribution in [0.3, 0.4) is 0 Å². The molecule has 0 saturated heterocycles. The third-order valence-electron chi connectivity index (χ3n) is 2.18. The molecule has 0 aliphatic carbocycles. The number of rotatable bonds is 4. The monoisotopic (exact) mass is 237 g/mol. The van der Waals surface area contributed by atoms with Crippen molar-refractivity contribution in [3.8, 4) is 5.75 Å². The maximum Gasteiger partial charge on any atom is 0.223 e. The predicted molar refractivity (Wildman–Crippen MR) is 59.3 cm³/mol. The summed E-state index contributed by atoms with van der Waals surface area (Å²) in [5.74, 6) is 1.18. The molecule has 0 atom stereocenters. The molecule has 5 nitrogen and oxygen atoms in total. The zero-order chi connectivity index (χ0) is 12.3. The Kier molecular flexibility index (Phi) is 3.22. The fourth-order valence-electron chi connectivity index (χ4n) is 1.35. The number of aromatic nitrogens is 2. The molecule has 0 radical (unpaired) electrons. The molecule has 17 heavy (non-hydrogen) atoms. The normalized spacial score (nSPS) is 10.3. The van der Waals surface area contributed by atoms with Crippen LogP contribution in [0.2, 0.25) is 0 Å². The summed E-state index contributed by atoms with van der Waals surface area (Å²) >= 11 is 0. The van der Waals surface area contributed by atoms with Crippen molar-refractivity contribution in [2.45, 2.75) is 13.5 Å². The Balaban J connectivity index is 2.07. The first-order valence-electron chi connectivity index (χ1n) is 5.05. The average molecular weight is 237 g/mol. The summed E-state index contributed by atoms with van der Waals surface area (Å²) in [7, 11) is 1.53. The molecule has 2 rings (SSSR count). The van der Waals surface area contributed by atoms with Gasteiger partial charge in [0, 0.05) is 13.0 Å². The summed E-state index contributed by atoms with van der Waals surface area (Å²) in [6, 6.07) is 4.46. The van der Waals surface area contributed by atoms with Gasteiger partial charge < -0.3 is 14.6 Å². The number of halogens is 1. The van der Waals surface area contributed by atoms with Gasteiger partial charge in [-0.3, -0.25) is 0 Å². The highest BCUT2D eigenvalue weighted by molar-refractivity contribution is 5.49. The van der Waals surface area contributed by atoms with Crippen molar-refractivity contribution >= 4 is 5.69 Å². The van der Waals surface area contributed by atoms with E-state index >= 15 is 0 Å². The molecule has 1 aromatic heterocycles. The number of benzene rings is 1. The lowest BCUT2D eigenvalue weighted by molar-refractivity contribution is 0.388. The summed E-state index contributed by atoms with van der Waals surface area (Å²) in [5, 5.41) is 6.58. The van der Waals surface area contributed by atoms with Gasteiger partial charge in [0.1, 0.15) is 11.6 Å². The van der Waals surface area contributed by atoms with E-state index in [0.29, 0.717) is 29.7 Å². The van der Waals surface area contributed by atoms with E-state index in [4.69, 9.17) is 9.26 Å². The first-order chi connectivity index (χ1) is 8.19. The predicted octanol–water partition coefficient (Wildman–Crippen LogP) is 2.14. The zero-order valence-electron chi connectivity index (χ0n) is 9.53. The van der Waals surface area contributed by atoms with Crippen LogP contribution in [-0.4, -0.2) is 17.3 Å². The molecule has 2 aromatic rings. The third kappa shape index (κ3) is 2.72. The minimum Gasteiger partial charge on any atom is -0.497 e. The van der Waals surface area contributed by atoms with Crippen molar-refractivity contribution in [3.05, 3.63) is 35.7 Å². The second kappa shape index (κ2) is 4.82. The third-order valence-corrected chi connectivity index (χ3v) is 2.18. The second-order valence-electron chi connectivity index (χ2n) is 3.43. The van der Waals surface area contributed by atoms with E-state index in [2.05, 4.69) is 15.5 Å². The topological polar surface area (TPSA) is 60.2 Å². The van der Waals surface area contributed by atoms with E-state index in [-0.39, 0.29) is 5.82 Å². The Morgan fingerprint density at radius 3 is 2.94 bits per heavy atom. The average Bonchev–Trinajstić information content (AvgIpc) is 2.74. The van der Waals surface area contributed by atoms with Gasteiger partial charge in [0.2, 0.25) is 5.89 Å². The molecular weight excluding hydrogens is 225 g/mol. The number of methoxy groups -OCH3 is 1. The quantitative estimate of drug-likeness (QED) is 0.882. The molecule has 0 aliphatic rings. The molecule has 0 unspecified atom stereocenters. The van der Waals surface area contributed by atoms with Crippen LogP contribution in [-0.2, 0) is 6.54 Å². The van der Waals surface area contributed by atoms with Gasteiger partial charge in [0.15, 0.2) is 5.82 Å². The van der Waals surface area contributed by atoms with Crippen molar-refractivity contribution in [2.24, 2.45) is 0 Å². The number of ether oxygens (including phenoxy) is 1. The van der Waals surface area contributed by atoms with Gasteiger partial charge in [0.25, 0.3) is 0 Å². The number of hydrogen-bond acceptors (Lipinski definition) is 5. The van der Waals surface area contributed by atoms with E-state index in [9.17, 15) is 4.39 Å². The number of hydrogen-bond donors (Lipinski definition) is 1. The first-order valence-corrected chi connectivity index (χ1v) is 5.05. The zero-order valence-corrected chi connectivity index (χ0v) is 9.53. The maximum absolute atomic E-state index is 13.4. The lowest BCUT2D eigenvalue weighted by Gasteiger charge is -2.07. The van der Waals surface area contributed by atoms with Gasteiger partial charge in [-0.05, 0) is 12.1 Å². The van der Waals surface area contributed by atoms with Crippen molar-refractivity contribution in [2.75, 3.05) is 12.4 Å². The molecule has 0 fully saturated rings. The van der Waals surface area contributed by atoms with Gasteiger partial charge in [-0.1, -0.05) is 5.16 Å². The van der Waals surface area contributed by atoms with Gasteiger partial charge in [-0.25, -0.2) is 4.39 Å². The van der Waals surface area contributed by atoms with Crippen LogP contribution in [0.4, 0.5) is 10.1 Å². The molecule has 0 bridgehead atoms. The minimum absolute atomic E-state index is 0.293. The lowest BCUT2D eigenvalue weighted by Crippen LogP contribution is -2.03. The minimum atomic E-state index is -0.356. The second-order valence-corrected chi connectivity index (χ2v) is 3.43. The van der Waals surface area contributed by atoms with Crippen LogP contribution in [0.25, 0.3) is 0 Å². The molecular formula is C11H12FN3O2. The molecule has 0 spiro atoms. The molecule has 1 heterocycles. The van der Waals surface area contributed by atoms with Crippen molar-refractivity contribution < 1.29 is 13.7 Å². The van der Waals surface area contributed by atoms with Gasteiger partial charge in [-0.15, -0.1) is 0 Å². The molecule has 90 valence electrons. The Morgan fingerprint density at radius 2 is 2.29 bits per heavy atom. The summed E-state index contributed by atoms with van der Waals surface area (Å²) < 4.78 is 23.2. The van der Waals surface area contributed by atoms with E-state index in [0.717, 1.165) is 0 Å². The summed E-state index contributed by atoms with van der Waals surface area (Å²) in [6.45, 7) is 1.99. The number of nitrogens with zero attached hydrogens (tertiary/aromatic N) is 2. The Hall–Kier alpha value is -2.11. The van der Waals surface area contributed by atoms with Gasteiger partial charge in [0.05, 0.1) is 19.3 Å². The SMILES string of the molecule is COc1ccc(F)c(NCc2noc(C)n2)c1. The van der Waals surface area contributed by atoms with Crippen molar-refractivity contribution in [3.63, 3.8) is 0 Å². The largest absolute Gasteiger partial charge is 0.497 e. The summed E-state index contributed by atoms with van der Waals surface area (Å²) in [6.07, 6.45) is 0. The highest BCUT2D eigenvalue weighted by atomic mass is 19.1. The summed E-state index contributed by atoms with van der Waals surface area (Å²) in [5.41, 5.74) is 0.340. The van der Waals surface area contributed by atoms with Crippen molar-refractivity contribution in [1.29, 1.82) is 0 Å². The van der Waals surface area contributed by atoms with E-state index in [1.54, 1.807) is 19.1 Å². The molecule has 0 amide bonds. The molecule has 1 N–H and O–H groups in total. The smallest absolute Gasteiger partial charge is 0.223 e. The van der Waals surface area contributed by atoms with Gasteiger partial charge in [-0.2, -0.15) is 4.98 Å². The van der Waals surface area contributed by atoms with Crippen LogP contribution in [0, 0.1) is 12.7 Å². The number of anilines is 1. The number of nitrogens with one attached hydrogen (secondary N) is 1. The van der Waals surface area contributed by atoms with Crippen LogP contribution in [0.15, 0.2) is 22.7 Å². The van der Waals surface area contributed by atoms with Crippen LogP contribution < -0.4 is 10.1 Å². The van der Waals surface area contributed by atoms with E-state index in [1.165, 1.54) is 13.2 Å². The fraction of sp³-hybridized carbons (Fsp3) is 0.273. The maximum atomic E-state index is 13.4. The standard InChI is InChI=1S/C11H12FN3O2/c1-7-14-11(15-17-7)6-13-10-5-8(16-2)3-4-9(10)12/h3-5,13H,6H2,1-2H3. The molecule has 6 heteroatoms. The lowest BCUT2D eigenvalue weighted by atomic mass is 10.3. The molecule has 1 aromatic carbocycles. The Bertz CT molecular complexity index is 513. The van der Waals surface area contributed by atoms with Crippen LogP contribution in [0.5, 0.6) is 5.75 Å².